The third-order valence-electron chi connectivity index (χ3n) is 4.99. The molecule has 0 aliphatic carbocycles. The summed E-state index contributed by atoms with van der Waals surface area (Å²) >= 11 is 0. The zero-order valence-corrected chi connectivity index (χ0v) is 15.7. The SMILES string of the molecule is N[C@@H](CCC(=O)O)CC(=O)N1CC(Oc2ccc3c(c2C(=O)O)OB(O)CC3)C1. The molecule has 0 spiro atoms. The first-order chi connectivity index (χ1) is 13.7. The Morgan fingerprint density at radius 2 is 2.03 bits per heavy atom. The van der Waals surface area contributed by atoms with Crippen LogP contribution in [0, 0.1) is 0 Å². The van der Waals surface area contributed by atoms with Crippen molar-refractivity contribution in [2.75, 3.05) is 13.1 Å². The van der Waals surface area contributed by atoms with E-state index in [9.17, 15) is 24.5 Å². The highest BCUT2D eigenvalue weighted by Crippen LogP contribution is 2.37. The van der Waals surface area contributed by atoms with Gasteiger partial charge in [-0.25, -0.2) is 4.79 Å². The lowest BCUT2D eigenvalue weighted by atomic mass is 9.78. The maximum atomic E-state index is 12.2. The number of carboxylic acids is 2. The molecule has 1 atom stereocenters. The van der Waals surface area contributed by atoms with Crippen molar-refractivity contribution in [1.29, 1.82) is 0 Å². The van der Waals surface area contributed by atoms with Gasteiger partial charge in [-0.2, -0.15) is 0 Å². The highest BCUT2D eigenvalue weighted by atomic mass is 16.5. The van der Waals surface area contributed by atoms with E-state index in [1.54, 1.807) is 12.1 Å². The Bertz CT molecular complexity index is 811. The summed E-state index contributed by atoms with van der Waals surface area (Å²) in [4.78, 5) is 36.0. The molecule has 1 amide bonds. The summed E-state index contributed by atoms with van der Waals surface area (Å²) in [5.74, 6) is -2.13. The van der Waals surface area contributed by atoms with Crippen molar-refractivity contribution in [2.24, 2.45) is 5.73 Å². The lowest BCUT2D eigenvalue weighted by Gasteiger charge is -2.39. The van der Waals surface area contributed by atoms with Gasteiger partial charge in [-0.1, -0.05) is 6.07 Å². The summed E-state index contributed by atoms with van der Waals surface area (Å²) in [6.07, 6.45) is 0.695. The fourth-order valence-corrected chi connectivity index (χ4v) is 3.37. The predicted octanol–water partition coefficient (Wildman–Crippen LogP) is -0.0280. The van der Waals surface area contributed by atoms with Gasteiger partial charge in [-0.05, 0) is 30.8 Å². The molecule has 0 bridgehead atoms. The van der Waals surface area contributed by atoms with Gasteiger partial charge in [0.05, 0.1) is 13.1 Å². The van der Waals surface area contributed by atoms with Crippen molar-refractivity contribution in [2.45, 2.75) is 44.1 Å². The Kier molecular flexibility index (Phi) is 6.28. The molecular weight excluding hydrogens is 383 g/mol. The van der Waals surface area contributed by atoms with Crippen molar-refractivity contribution >= 4 is 25.0 Å². The highest BCUT2D eigenvalue weighted by Gasteiger charge is 2.35. The Morgan fingerprint density at radius 3 is 2.69 bits per heavy atom. The zero-order valence-electron chi connectivity index (χ0n) is 15.7. The summed E-state index contributed by atoms with van der Waals surface area (Å²) in [5.41, 5.74) is 6.34. The fraction of sp³-hybridized carbons (Fsp3) is 0.500. The maximum absolute atomic E-state index is 12.2. The number of aromatic carboxylic acids is 1. The Balaban J connectivity index is 1.57. The second-order valence-electron chi connectivity index (χ2n) is 7.28. The molecule has 0 radical (unpaired) electrons. The van der Waals surface area contributed by atoms with Gasteiger partial charge in [0.15, 0.2) is 0 Å². The van der Waals surface area contributed by atoms with E-state index in [0.717, 1.165) is 0 Å². The van der Waals surface area contributed by atoms with Gasteiger partial charge in [0.2, 0.25) is 5.91 Å². The second-order valence-corrected chi connectivity index (χ2v) is 7.28. The number of nitrogens with two attached hydrogens (primary N) is 1. The van der Waals surface area contributed by atoms with Crippen molar-refractivity contribution in [3.8, 4) is 11.5 Å². The molecule has 156 valence electrons. The maximum Gasteiger partial charge on any atom is 0.522 e. The van der Waals surface area contributed by atoms with Gasteiger partial charge < -0.3 is 35.3 Å². The summed E-state index contributed by atoms with van der Waals surface area (Å²) in [6, 6.07) is 2.75. The number of aliphatic carboxylic acids is 1. The lowest BCUT2D eigenvalue weighted by molar-refractivity contribution is -0.141. The van der Waals surface area contributed by atoms with Crippen LogP contribution < -0.4 is 15.1 Å². The third kappa shape index (κ3) is 4.98. The number of hydrogen-bond acceptors (Lipinski definition) is 7. The number of carbonyl (C=O) groups excluding carboxylic acids is 1. The minimum atomic E-state index is -1.22. The number of carbonyl (C=O) groups is 3. The first-order valence-electron chi connectivity index (χ1n) is 9.40. The second kappa shape index (κ2) is 8.70. The van der Waals surface area contributed by atoms with Crippen molar-refractivity contribution in [3.63, 3.8) is 0 Å². The number of aryl methyl sites for hydroxylation is 1. The molecule has 3 rings (SSSR count). The summed E-state index contributed by atoms with van der Waals surface area (Å²) in [7, 11) is -1.06. The van der Waals surface area contributed by atoms with Gasteiger partial charge in [-0.3, -0.25) is 9.59 Å². The van der Waals surface area contributed by atoms with Crippen molar-refractivity contribution in [3.05, 3.63) is 23.3 Å². The van der Waals surface area contributed by atoms with Crippen LogP contribution in [0.5, 0.6) is 11.5 Å². The van der Waals surface area contributed by atoms with E-state index >= 15 is 0 Å². The van der Waals surface area contributed by atoms with E-state index in [4.69, 9.17) is 20.2 Å². The molecule has 2 heterocycles. The largest absolute Gasteiger partial charge is 0.535 e. The van der Waals surface area contributed by atoms with E-state index in [-0.39, 0.29) is 61.4 Å². The normalized spacial score (nSPS) is 17.0. The molecule has 2 aliphatic rings. The summed E-state index contributed by atoms with van der Waals surface area (Å²) in [6.45, 7) is 0.564. The molecular formula is C18H23BN2O8. The average Bonchev–Trinajstić information content (AvgIpc) is 2.61. The van der Waals surface area contributed by atoms with Crippen LogP contribution >= 0.6 is 0 Å². The van der Waals surface area contributed by atoms with E-state index < -0.39 is 25.1 Å². The molecule has 0 saturated carbocycles. The van der Waals surface area contributed by atoms with Crippen LogP contribution in [0.25, 0.3) is 0 Å². The van der Waals surface area contributed by atoms with E-state index in [1.807, 2.05) is 0 Å². The minimum Gasteiger partial charge on any atom is -0.535 e. The smallest absolute Gasteiger partial charge is 0.522 e. The van der Waals surface area contributed by atoms with Crippen molar-refractivity contribution in [1.82, 2.24) is 4.90 Å². The van der Waals surface area contributed by atoms with Gasteiger partial charge in [0.25, 0.3) is 0 Å². The molecule has 2 aliphatic heterocycles. The van der Waals surface area contributed by atoms with Crippen LogP contribution in [-0.4, -0.2) is 70.3 Å². The first kappa shape index (κ1) is 20.9. The van der Waals surface area contributed by atoms with Gasteiger partial charge in [0.1, 0.15) is 23.2 Å². The topological polar surface area (TPSA) is 160 Å². The fourth-order valence-electron chi connectivity index (χ4n) is 3.37. The van der Waals surface area contributed by atoms with Gasteiger partial charge >= 0.3 is 19.1 Å². The molecule has 29 heavy (non-hydrogen) atoms. The molecule has 0 unspecified atom stereocenters. The summed E-state index contributed by atoms with van der Waals surface area (Å²) < 4.78 is 11.1. The standard InChI is InChI=1S/C18H23BN2O8/c20-11(2-4-15(23)24)7-14(22)21-8-12(9-21)28-13-3-1-10-5-6-19(27)29-17(10)16(13)18(25)26/h1,3,11-12,27H,2,4-9,20H2,(H,23,24)(H,25,26)/t11-/m0/s1. The lowest BCUT2D eigenvalue weighted by Crippen LogP contribution is -2.57. The van der Waals surface area contributed by atoms with Crippen LogP contribution in [-0.2, 0) is 16.0 Å². The number of nitrogens with zero attached hydrogens (tertiary/aromatic N) is 1. The third-order valence-corrected chi connectivity index (χ3v) is 4.99. The average molecular weight is 406 g/mol. The first-order valence-corrected chi connectivity index (χ1v) is 9.40. The van der Waals surface area contributed by atoms with Crippen molar-refractivity contribution < 1.29 is 39.0 Å². The molecule has 10 nitrogen and oxygen atoms in total. The molecule has 5 N–H and O–H groups in total. The highest BCUT2D eigenvalue weighted by molar-refractivity contribution is 6.44. The molecule has 1 fully saturated rings. The van der Waals surface area contributed by atoms with Crippen LogP contribution in [0.1, 0.15) is 35.2 Å². The minimum absolute atomic E-state index is 0.0466. The van der Waals surface area contributed by atoms with Crippen LogP contribution in [0.3, 0.4) is 0 Å². The molecule has 1 saturated heterocycles. The Morgan fingerprint density at radius 1 is 1.31 bits per heavy atom. The zero-order chi connectivity index (χ0) is 21.1. The molecule has 0 aromatic heterocycles. The number of amides is 1. The van der Waals surface area contributed by atoms with E-state index in [0.29, 0.717) is 18.3 Å². The van der Waals surface area contributed by atoms with Crippen LogP contribution in [0.2, 0.25) is 6.32 Å². The van der Waals surface area contributed by atoms with E-state index in [2.05, 4.69) is 0 Å². The quantitative estimate of drug-likeness (QED) is 0.435. The van der Waals surface area contributed by atoms with E-state index in [1.165, 1.54) is 4.90 Å². The van der Waals surface area contributed by atoms with Gasteiger partial charge in [-0.15, -0.1) is 0 Å². The monoisotopic (exact) mass is 406 g/mol. The summed E-state index contributed by atoms with van der Waals surface area (Å²) in [5, 5.41) is 27.9. The Labute approximate surface area is 167 Å². The number of ether oxygens (including phenoxy) is 1. The van der Waals surface area contributed by atoms with Crippen LogP contribution in [0.15, 0.2) is 12.1 Å². The number of benzene rings is 1. The predicted molar refractivity (Wildman–Crippen MR) is 101 cm³/mol. The van der Waals surface area contributed by atoms with Crippen LogP contribution in [0.4, 0.5) is 0 Å². The number of carboxylic acid groups (broad SMARTS) is 2. The molecule has 1 aromatic carbocycles. The Hall–Kier alpha value is -2.79. The number of hydrogen-bond donors (Lipinski definition) is 4. The van der Waals surface area contributed by atoms with Gasteiger partial charge in [0, 0.05) is 18.9 Å². The number of rotatable bonds is 8. The molecule has 1 aromatic rings. The molecule has 11 heteroatoms. The number of likely N-dealkylation sites (tertiary alicyclic amines) is 1. The number of fused-ring (bicyclic) bond motifs is 1.